The van der Waals surface area contributed by atoms with Gasteiger partial charge >= 0.3 is 0 Å². The maximum absolute atomic E-state index is 14.2. The number of aromatic nitrogens is 1. The highest BCUT2D eigenvalue weighted by molar-refractivity contribution is 6.42. The van der Waals surface area contributed by atoms with Gasteiger partial charge in [-0.1, -0.05) is 41.4 Å². The normalized spacial score (nSPS) is 16.4. The summed E-state index contributed by atoms with van der Waals surface area (Å²) in [6, 6.07) is 14.9. The first-order valence-corrected chi connectivity index (χ1v) is 8.97. The van der Waals surface area contributed by atoms with Gasteiger partial charge in [-0.2, -0.15) is 0 Å². The Morgan fingerprint density at radius 2 is 1.81 bits per heavy atom. The molecule has 4 rings (SSSR count). The van der Waals surface area contributed by atoms with Gasteiger partial charge in [0.15, 0.2) is 0 Å². The summed E-state index contributed by atoms with van der Waals surface area (Å²) >= 11 is 12.2. The van der Waals surface area contributed by atoms with E-state index in [9.17, 15) is 9.18 Å². The highest BCUT2D eigenvalue weighted by Crippen LogP contribution is 2.36. The molecule has 1 aliphatic heterocycles. The Morgan fingerprint density at radius 3 is 2.58 bits per heavy atom. The molecule has 0 unspecified atom stereocenters. The molecule has 0 saturated heterocycles. The van der Waals surface area contributed by atoms with E-state index in [0.29, 0.717) is 23.1 Å². The zero-order valence-corrected chi connectivity index (χ0v) is 15.2. The average molecular weight is 389 g/mol. The van der Waals surface area contributed by atoms with Crippen molar-refractivity contribution in [3.63, 3.8) is 0 Å². The van der Waals surface area contributed by atoms with Crippen LogP contribution in [0.5, 0.6) is 0 Å². The second-order valence-corrected chi connectivity index (χ2v) is 7.00. The first-order valence-electron chi connectivity index (χ1n) is 8.22. The average Bonchev–Trinajstić information content (AvgIpc) is 3.12. The molecule has 2 aromatic carbocycles. The van der Waals surface area contributed by atoms with E-state index in [1.54, 1.807) is 29.2 Å². The minimum absolute atomic E-state index is 0.0672. The number of rotatable bonds is 2. The Hall–Kier alpha value is -2.30. The summed E-state index contributed by atoms with van der Waals surface area (Å²) in [5.74, 6) is -0.863. The smallest absolute Gasteiger partial charge is 0.257 e. The van der Waals surface area contributed by atoms with Gasteiger partial charge in [0.1, 0.15) is 5.82 Å². The van der Waals surface area contributed by atoms with Crippen molar-refractivity contribution >= 4 is 29.1 Å². The van der Waals surface area contributed by atoms with E-state index in [-0.39, 0.29) is 17.5 Å². The number of hydrogen-bond donors (Lipinski definition) is 0. The molecule has 0 saturated carbocycles. The third kappa shape index (κ3) is 2.89. The Balaban J connectivity index is 1.82. The van der Waals surface area contributed by atoms with Crippen LogP contribution in [0.1, 0.15) is 27.7 Å². The van der Waals surface area contributed by atoms with Crippen molar-refractivity contribution in [2.75, 3.05) is 6.54 Å². The molecule has 2 heterocycles. The largest absolute Gasteiger partial charge is 0.348 e. The standard InChI is InChI=1S/C20H15Cl2FN2O/c21-15-8-7-13(12-16(15)22)19-18-6-3-9-24(18)10-11-25(19)20(26)14-4-1-2-5-17(14)23/h1-9,12,19H,10-11H2/t19-/m0/s1. The van der Waals surface area contributed by atoms with Gasteiger partial charge in [0.05, 0.1) is 21.7 Å². The van der Waals surface area contributed by atoms with Crippen LogP contribution >= 0.6 is 23.2 Å². The van der Waals surface area contributed by atoms with E-state index < -0.39 is 5.82 Å². The van der Waals surface area contributed by atoms with Crippen LogP contribution in [0.4, 0.5) is 4.39 Å². The fourth-order valence-corrected chi connectivity index (χ4v) is 3.73. The van der Waals surface area contributed by atoms with E-state index >= 15 is 0 Å². The summed E-state index contributed by atoms with van der Waals surface area (Å²) in [6.07, 6.45) is 1.98. The number of hydrogen-bond acceptors (Lipinski definition) is 1. The van der Waals surface area contributed by atoms with Gasteiger partial charge < -0.3 is 9.47 Å². The van der Waals surface area contributed by atoms with Crippen molar-refractivity contribution in [2.45, 2.75) is 12.6 Å². The molecule has 3 nitrogen and oxygen atoms in total. The van der Waals surface area contributed by atoms with Crippen LogP contribution in [0.15, 0.2) is 60.8 Å². The monoisotopic (exact) mass is 388 g/mol. The molecular weight excluding hydrogens is 374 g/mol. The summed E-state index contributed by atoms with van der Waals surface area (Å²) in [5, 5.41) is 0.875. The van der Waals surface area contributed by atoms with Crippen LogP contribution in [0.3, 0.4) is 0 Å². The summed E-state index contributed by atoms with van der Waals surface area (Å²) in [7, 11) is 0. The summed E-state index contributed by atoms with van der Waals surface area (Å²) in [4.78, 5) is 14.8. The fourth-order valence-electron chi connectivity index (χ4n) is 3.42. The number of halogens is 3. The van der Waals surface area contributed by atoms with E-state index in [1.165, 1.54) is 12.1 Å². The van der Waals surface area contributed by atoms with Gasteiger partial charge in [-0.25, -0.2) is 4.39 Å². The Labute approximate surface area is 160 Å². The first kappa shape index (κ1) is 17.1. The lowest BCUT2D eigenvalue weighted by Gasteiger charge is -2.37. The van der Waals surface area contributed by atoms with Gasteiger partial charge in [-0.3, -0.25) is 4.79 Å². The van der Waals surface area contributed by atoms with Crippen LogP contribution in [-0.4, -0.2) is 21.9 Å². The number of nitrogens with zero attached hydrogens (tertiary/aromatic N) is 2. The van der Waals surface area contributed by atoms with Gasteiger partial charge in [0.25, 0.3) is 5.91 Å². The highest BCUT2D eigenvalue weighted by atomic mass is 35.5. The second-order valence-electron chi connectivity index (χ2n) is 6.18. The third-order valence-electron chi connectivity index (χ3n) is 4.66. The van der Waals surface area contributed by atoms with E-state index in [0.717, 1.165) is 11.3 Å². The van der Waals surface area contributed by atoms with Gasteiger partial charge in [0, 0.05) is 25.0 Å². The van der Waals surface area contributed by atoms with Crippen LogP contribution in [-0.2, 0) is 6.54 Å². The molecule has 0 radical (unpaired) electrons. The fraction of sp³-hybridized carbons (Fsp3) is 0.150. The Bertz CT molecular complexity index is 985. The zero-order chi connectivity index (χ0) is 18.3. The molecular formula is C20H15Cl2FN2O. The number of carbonyl (C=O) groups excluding carboxylic acids is 1. The lowest BCUT2D eigenvalue weighted by atomic mass is 9.98. The van der Waals surface area contributed by atoms with E-state index in [4.69, 9.17) is 23.2 Å². The molecule has 26 heavy (non-hydrogen) atoms. The minimum Gasteiger partial charge on any atom is -0.348 e. The molecule has 0 aliphatic carbocycles. The van der Waals surface area contributed by atoms with Gasteiger partial charge in [0.2, 0.25) is 0 Å². The van der Waals surface area contributed by atoms with E-state index in [2.05, 4.69) is 4.57 Å². The quantitative estimate of drug-likeness (QED) is 0.593. The lowest BCUT2D eigenvalue weighted by molar-refractivity contribution is 0.0659. The van der Waals surface area contributed by atoms with Gasteiger partial charge in [-0.15, -0.1) is 0 Å². The molecule has 1 amide bonds. The van der Waals surface area contributed by atoms with Crippen molar-refractivity contribution in [2.24, 2.45) is 0 Å². The summed E-state index contributed by atoms with van der Waals surface area (Å²) in [6.45, 7) is 1.13. The SMILES string of the molecule is O=C(c1ccccc1F)N1CCn2cccc2[C@@H]1c1ccc(Cl)c(Cl)c1. The molecule has 0 spiro atoms. The van der Waals surface area contributed by atoms with Crippen LogP contribution < -0.4 is 0 Å². The molecule has 3 aromatic rings. The molecule has 1 aromatic heterocycles. The maximum Gasteiger partial charge on any atom is 0.257 e. The topological polar surface area (TPSA) is 25.2 Å². The van der Waals surface area contributed by atoms with Crippen molar-refractivity contribution in [3.05, 3.63) is 93.5 Å². The van der Waals surface area contributed by atoms with Crippen molar-refractivity contribution in [3.8, 4) is 0 Å². The van der Waals surface area contributed by atoms with Gasteiger partial charge in [-0.05, 0) is 42.0 Å². The van der Waals surface area contributed by atoms with Crippen molar-refractivity contribution < 1.29 is 9.18 Å². The first-order chi connectivity index (χ1) is 12.6. The molecule has 1 aliphatic rings. The Morgan fingerprint density at radius 1 is 1.00 bits per heavy atom. The molecule has 0 N–H and O–H groups in total. The number of benzene rings is 2. The Kier molecular flexibility index (Phi) is 4.47. The second kappa shape index (κ2) is 6.78. The van der Waals surface area contributed by atoms with Crippen LogP contribution in [0.25, 0.3) is 0 Å². The molecule has 6 heteroatoms. The summed E-state index contributed by atoms with van der Waals surface area (Å²) in [5.41, 5.74) is 1.86. The molecule has 0 fully saturated rings. The zero-order valence-electron chi connectivity index (χ0n) is 13.7. The summed E-state index contributed by atoms with van der Waals surface area (Å²) < 4.78 is 16.3. The van der Waals surface area contributed by atoms with Crippen LogP contribution in [0, 0.1) is 5.82 Å². The predicted octanol–water partition coefficient (Wildman–Crippen LogP) is 5.18. The van der Waals surface area contributed by atoms with Crippen molar-refractivity contribution in [1.82, 2.24) is 9.47 Å². The highest BCUT2D eigenvalue weighted by Gasteiger charge is 2.33. The minimum atomic E-state index is -0.522. The number of amides is 1. The van der Waals surface area contributed by atoms with Crippen molar-refractivity contribution in [1.29, 1.82) is 0 Å². The number of fused-ring (bicyclic) bond motifs is 1. The van der Waals surface area contributed by atoms with E-state index in [1.807, 2.05) is 24.4 Å². The molecule has 132 valence electrons. The lowest BCUT2D eigenvalue weighted by Crippen LogP contribution is -2.42. The molecule has 0 bridgehead atoms. The number of carbonyl (C=O) groups is 1. The predicted molar refractivity (Wildman–Crippen MR) is 100 cm³/mol. The third-order valence-corrected chi connectivity index (χ3v) is 5.40. The molecule has 1 atom stereocenters. The maximum atomic E-state index is 14.2. The van der Waals surface area contributed by atoms with Crippen LogP contribution in [0.2, 0.25) is 10.0 Å².